The largest absolute Gasteiger partial charge is 0.310 e. The zero-order valence-corrected chi connectivity index (χ0v) is 16.4. The zero-order chi connectivity index (χ0) is 19.1. The summed E-state index contributed by atoms with van der Waals surface area (Å²) in [5.41, 5.74) is 0.781. The minimum absolute atomic E-state index is 0.0767. The van der Waals surface area contributed by atoms with Crippen molar-refractivity contribution in [2.24, 2.45) is 0 Å². The van der Waals surface area contributed by atoms with Crippen molar-refractivity contribution in [3.8, 4) is 6.07 Å². The van der Waals surface area contributed by atoms with E-state index in [9.17, 15) is 4.79 Å². The first-order valence-corrected chi connectivity index (χ1v) is 10.1. The van der Waals surface area contributed by atoms with E-state index >= 15 is 0 Å². The van der Waals surface area contributed by atoms with E-state index in [2.05, 4.69) is 21.6 Å². The number of tetrazole rings is 1. The highest BCUT2D eigenvalue weighted by Crippen LogP contribution is 2.25. The molecule has 2 aromatic heterocycles. The Labute approximate surface area is 165 Å². The van der Waals surface area contributed by atoms with Crippen LogP contribution >= 0.6 is 23.1 Å². The molecule has 138 valence electrons. The smallest absolute Gasteiger partial charge is 0.240 e. The van der Waals surface area contributed by atoms with Gasteiger partial charge in [0.15, 0.2) is 0 Å². The molecule has 1 atom stereocenters. The highest BCUT2D eigenvalue weighted by molar-refractivity contribution is 8.00. The Balaban J connectivity index is 1.72. The van der Waals surface area contributed by atoms with Crippen LogP contribution < -0.4 is 4.90 Å². The van der Waals surface area contributed by atoms with Gasteiger partial charge in [-0.3, -0.25) is 4.79 Å². The second kappa shape index (κ2) is 9.30. The van der Waals surface area contributed by atoms with E-state index in [1.165, 1.54) is 11.8 Å². The van der Waals surface area contributed by atoms with Crippen molar-refractivity contribution >= 4 is 34.7 Å². The van der Waals surface area contributed by atoms with E-state index in [1.54, 1.807) is 20.9 Å². The predicted molar refractivity (Wildman–Crippen MR) is 106 cm³/mol. The summed E-state index contributed by atoms with van der Waals surface area (Å²) in [6.45, 7) is 2.76. The molecule has 9 heteroatoms. The normalized spacial score (nSPS) is 11.7. The van der Waals surface area contributed by atoms with Crippen molar-refractivity contribution in [2.45, 2.75) is 30.3 Å². The van der Waals surface area contributed by atoms with Crippen LogP contribution in [0.1, 0.15) is 18.2 Å². The fraction of sp³-hybridized carbons (Fsp3) is 0.278. The number of anilines is 1. The number of benzene rings is 1. The van der Waals surface area contributed by atoms with E-state index in [-0.39, 0.29) is 12.3 Å². The first-order chi connectivity index (χ1) is 13.2. The maximum absolute atomic E-state index is 13.0. The molecule has 3 aromatic rings. The van der Waals surface area contributed by atoms with Gasteiger partial charge < -0.3 is 4.90 Å². The highest BCUT2D eigenvalue weighted by atomic mass is 32.2. The quantitative estimate of drug-likeness (QED) is 0.542. The molecule has 0 fully saturated rings. The summed E-state index contributed by atoms with van der Waals surface area (Å²) >= 11 is 2.96. The molecule has 0 spiro atoms. The number of amides is 1. The number of para-hydroxylation sites is 1. The molecule has 7 nitrogen and oxygen atoms in total. The number of carbonyl (C=O) groups excluding carboxylic acids is 1. The summed E-state index contributed by atoms with van der Waals surface area (Å²) in [7, 11) is 0. The number of hydrogen-bond donors (Lipinski definition) is 0. The Kier molecular flexibility index (Phi) is 6.57. The monoisotopic (exact) mass is 398 g/mol. The summed E-state index contributed by atoms with van der Waals surface area (Å²) < 4.78 is 1.70. The van der Waals surface area contributed by atoms with Crippen molar-refractivity contribution in [3.63, 3.8) is 0 Å². The van der Waals surface area contributed by atoms with Crippen LogP contribution in [0.4, 0.5) is 5.69 Å². The Bertz CT molecular complexity index is 904. The van der Waals surface area contributed by atoms with Crippen molar-refractivity contribution in [3.05, 3.63) is 52.7 Å². The van der Waals surface area contributed by atoms with E-state index < -0.39 is 5.25 Å². The first kappa shape index (κ1) is 19.1. The van der Waals surface area contributed by atoms with Gasteiger partial charge in [-0.05, 0) is 40.9 Å². The molecule has 0 saturated carbocycles. The SMILES string of the molecule is CC(Sc1nnnn1Cc1cccs1)C(=O)N(CCC#N)c1ccccc1. The molecule has 0 aliphatic heterocycles. The molecule has 0 aliphatic rings. The van der Waals surface area contributed by atoms with Crippen LogP contribution in [-0.4, -0.2) is 37.9 Å². The lowest BCUT2D eigenvalue weighted by Gasteiger charge is -2.24. The lowest BCUT2D eigenvalue weighted by Crippen LogP contribution is -2.37. The molecule has 2 heterocycles. The number of hydrogen-bond acceptors (Lipinski definition) is 7. The third kappa shape index (κ3) is 4.93. The topological polar surface area (TPSA) is 87.7 Å². The molecule has 3 rings (SSSR count). The molecular weight excluding hydrogens is 380 g/mol. The number of nitriles is 1. The second-order valence-electron chi connectivity index (χ2n) is 5.69. The van der Waals surface area contributed by atoms with Gasteiger partial charge in [0.1, 0.15) is 0 Å². The Morgan fingerprint density at radius 1 is 1.33 bits per heavy atom. The number of nitrogens with zero attached hydrogens (tertiary/aromatic N) is 6. The number of aromatic nitrogens is 4. The molecule has 0 bridgehead atoms. The van der Waals surface area contributed by atoms with Gasteiger partial charge in [-0.25, -0.2) is 4.68 Å². The van der Waals surface area contributed by atoms with Gasteiger partial charge in [0.25, 0.3) is 0 Å². The average molecular weight is 399 g/mol. The lowest BCUT2D eigenvalue weighted by atomic mass is 10.2. The van der Waals surface area contributed by atoms with Gasteiger partial charge in [-0.1, -0.05) is 36.0 Å². The zero-order valence-electron chi connectivity index (χ0n) is 14.7. The van der Waals surface area contributed by atoms with E-state index in [4.69, 9.17) is 5.26 Å². The lowest BCUT2D eigenvalue weighted by molar-refractivity contribution is -0.117. The number of rotatable bonds is 8. The van der Waals surface area contributed by atoms with Crippen LogP contribution in [-0.2, 0) is 11.3 Å². The second-order valence-corrected chi connectivity index (χ2v) is 8.03. The Morgan fingerprint density at radius 3 is 2.85 bits per heavy atom. The molecule has 1 amide bonds. The molecule has 1 aromatic carbocycles. The minimum Gasteiger partial charge on any atom is -0.310 e. The fourth-order valence-corrected chi connectivity index (χ4v) is 4.03. The number of thiophene rings is 1. The summed E-state index contributed by atoms with van der Waals surface area (Å²) in [6, 6.07) is 15.5. The molecule has 1 unspecified atom stereocenters. The van der Waals surface area contributed by atoms with Crippen LogP contribution in [0.15, 0.2) is 53.0 Å². The highest BCUT2D eigenvalue weighted by Gasteiger charge is 2.24. The van der Waals surface area contributed by atoms with Crippen LogP contribution in [0.25, 0.3) is 0 Å². The molecule has 27 heavy (non-hydrogen) atoms. The standard InChI is InChI=1S/C18H18N6OS2/c1-14(17(25)23(11-6-10-19)15-7-3-2-4-8-15)27-18-20-21-22-24(18)13-16-9-5-12-26-16/h2-5,7-9,12,14H,6,11,13H2,1H3. The van der Waals surface area contributed by atoms with Gasteiger partial charge in [0, 0.05) is 17.1 Å². The summed E-state index contributed by atoms with van der Waals surface area (Å²) in [4.78, 5) is 15.8. The third-order valence-electron chi connectivity index (χ3n) is 3.80. The average Bonchev–Trinajstić information content (AvgIpc) is 3.35. The summed E-state index contributed by atoms with van der Waals surface area (Å²) in [5, 5.41) is 23.0. The molecule has 0 aliphatic carbocycles. The Hall–Kier alpha value is -2.70. The minimum atomic E-state index is -0.392. The summed E-state index contributed by atoms with van der Waals surface area (Å²) in [6.07, 6.45) is 0.272. The van der Waals surface area contributed by atoms with Gasteiger partial charge in [0.2, 0.25) is 11.1 Å². The first-order valence-electron chi connectivity index (χ1n) is 8.37. The summed E-state index contributed by atoms with van der Waals surface area (Å²) in [5.74, 6) is -0.0767. The van der Waals surface area contributed by atoms with E-state index in [1.807, 2.05) is 54.8 Å². The molecule has 0 saturated heterocycles. The third-order valence-corrected chi connectivity index (χ3v) is 5.72. The van der Waals surface area contributed by atoms with Gasteiger partial charge in [-0.2, -0.15) is 5.26 Å². The van der Waals surface area contributed by atoms with Crippen LogP contribution in [0.3, 0.4) is 0 Å². The van der Waals surface area contributed by atoms with Crippen molar-refractivity contribution in [2.75, 3.05) is 11.4 Å². The van der Waals surface area contributed by atoms with Crippen LogP contribution in [0.5, 0.6) is 0 Å². The van der Waals surface area contributed by atoms with Crippen molar-refractivity contribution in [1.82, 2.24) is 20.2 Å². The van der Waals surface area contributed by atoms with Gasteiger partial charge in [0.05, 0.1) is 24.3 Å². The van der Waals surface area contributed by atoms with Crippen molar-refractivity contribution < 1.29 is 4.79 Å². The van der Waals surface area contributed by atoms with Gasteiger partial charge in [-0.15, -0.1) is 16.4 Å². The molecular formula is C18H18N6OS2. The van der Waals surface area contributed by atoms with E-state index in [0.29, 0.717) is 18.2 Å². The number of thioether (sulfide) groups is 1. The molecule has 0 N–H and O–H groups in total. The number of carbonyl (C=O) groups is 1. The predicted octanol–water partition coefficient (Wildman–Crippen LogP) is 3.21. The maximum atomic E-state index is 13.0. The van der Waals surface area contributed by atoms with E-state index in [0.717, 1.165) is 10.6 Å². The Morgan fingerprint density at radius 2 is 2.15 bits per heavy atom. The molecule has 0 radical (unpaired) electrons. The van der Waals surface area contributed by atoms with Crippen molar-refractivity contribution in [1.29, 1.82) is 5.26 Å². The van der Waals surface area contributed by atoms with Crippen LogP contribution in [0, 0.1) is 11.3 Å². The van der Waals surface area contributed by atoms with Crippen LogP contribution in [0.2, 0.25) is 0 Å². The van der Waals surface area contributed by atoms with Gasteiger partial charge >= 0.3 is 0 Å². The fourth-order valence-electron chi connectivity index (χ4n) is 2.49. The maximum Gasteiger partial charge on any atom is 0.240 e.